The number of hydrogen-bond donors (Lipinski definition) is 1. The Labute approximate surface area is 205 Å². The first-order valence-corrected chi connectivity index (χ1v) is 12.2. The van der Waals surface area contributed by atoms with Crippen LogP contribution in [0.2, 0.25) is 5.02 Å². The van der Waals surface area contributed by atoms with Gasteiger partial charge in [0.15, 0.2) is 0 Å². The highest BCUT2D eigenvalue weighted by Gasteiger charge is 2.63. The predicted molar refractivity (Wildman–Crippen MR) is 128 cm³/mol. The molecule has 2 aromatic rings. The van der Waals surface area contributed by atoms with Crippen molar-refractivity contribution in [2.45, 2.75) is 50.0 Å². The van der Waals surface area contributed by atoms with Crippen LogP contribution >= 0.6 is 11.6 Å². The number of likely N-dealkylation sites (N-methyl/N-ethyl adjacent to an activating group) is 1. The van der Waals surface area contributed by atoms with E-state index in [0.717, 1.165) is 6.42 Å². The second-order valence-corrected chi connectivity index (χ2v) is 9.30. The maximum atomic E-state index is 13.8. The molecule has 2 aliphatic rings. The van der Waals surface area contributed by atoms with Crippen molar-refractivity contribution in [1.82, 2.24) is 10.2 Å². The highest BCUT2D eigenvalue weighted by atomic mass is 35.5. The van der Waals surface area contributed by atoms with E-state index in [9.17, 15) is 9.18 Å². The van der Waals surface area contributed by atoms with Crippen LogP contribution in [0.4, 0.5) is 4.39 Å². The van der Waals surface area contributed by atoms with E-state index in [-0.39, 0.29) is 24.4 Å². The van der Waals surface area contributed by atoms with E-state index in [1.807, 2.05) is 17.0 Å². The molecular formula is C26H32ClFN2O4. The van der Waals surface area contributed by atoms with Crippen LogP contribution in [0.15, 0.2) is 48.5 Å². The van der Waals surface area contributed by atoms with Gasteiger partial charge in [0.1, 0.15) is 23.2 Å². The fraction of sp³-hybridized carbons (Fsp3) is 0.500. The number of nitrogens with zero attached hydrogens (tertiary/aromatic N) is 1. The van der Waals surface area contributed by atoms with Crippen molar-refractivity contribution >= 4 is 17.5 Å². The third kappa shape index (κ3) is 4.67. The lowest BCUT2D eigenvalue weighted by Crippen LogP contribution is -2.69. The van der Waals surface area contributed by atoms with Gasteiger partial charge in [0.2, 0.25) is 11.7 Å². The van der Waals surface area contributed by atoms with Gasteiger partial charge in [0, 0.05) is 30.0 Å². The highest BCUT2D eigenvalue weighted by molar-refractivity contribution is 6.30. The molecule has 2 saturated heterocycles. The average molecular weight is 491 g/mol. The summed E-state index contributed by atoms with van der Waals surface area (Å²) >= 11 is 6.18. The van der Waals surface area contributed by atoms with E-state index in [1.165, 1.54) is 12.1 Å². The summed E-state index contributed by atoms with van der Waals surface area (Å²) in [6, 6.07) is 13.5. The van der Waals surface area contributed by atoms with E-state index in [2.05, 4.69) is 12.2 Å². The molecular weight excluding hydrogens is 459 g/mol. The summed E-state index contributed by atoms with van der Waals surface area (Å²) in [5, 5.41) is 3.59. The van der Waals surface area contributed by atoms with Gasteiger partial charge in [-0.25, -0.2) is 4.39 Å². The van der Waals surface area contributed by atoms with Crippen LogP contribution in [0, 0.1) is 5.82 Å². The molecule has 0 aliphatic carbocycles. The van der Waals surface area contributed by atoms with Gasteiger partial charge in [-0.1, -0.05) is 43.1 Å². The smallest absolute Gasteiger partial charge is 0.237 e. The molecule has 2 fully saturated rings. The van der Waals surface area contributed by atoms with Crippen LogP contribution in [0.3, 0.4) is 0 Å². The van der Waals surface area contributed by atoms with Crippen LogP contribution in [0.5, 0.6) is 5.75 Å². The monoisotopic (exact) mass is 490 g/mol. The Bertz CT molecular complexity index is 983. The Morgan fingerprint density at radius 3 is 2.62 bits per heavy atom. The molecule has 4 rings (SSSR count). The third-order valence-electron chi connectivity index (χ3n) is 6.68. The number of likely N-dealkylation sites (tertiary alicyclic amines) is 1. The summed E-state index contributed by atoms with van der Waals surface area (Å²) in [5.41, 5.74) is -0.142. The van der Waals surface area contributed by atoms with Crippen molar-refractivity contribution in [2.75, 3.05) is 33.4 Å². The normalized spacial score (nSPS) is 24.2. The minimum absolute atomic E-state index is 0.0299. The molecule has 0 spiro atoms. The van der Waals surface area contributed by atoms with Crippen molar-refractivity contribution in [3.8, 4) is 5.75 Å². The van der Waals surface area contributed by atoms with Gasteiger partial charge < -0.3 is 24.4 Å². The van der Waals surface area contributed by atoms with Gasteiger partial charge >= 0.3 is 0 Å². The number of carbonyl (C=O) groups excluding carboxylic acids is 1. The molecule has 8 heteroatoms. The number of hydrogen-bond acceptors (Lipinski definition) is 5. The zero-order valence-electron chi connectivity index (χ0n) is 19.7. The van der Waals surface area contributed by atoms with Crippen LogP contribution in [-0.4, -0.2) is 55.8 Å². The lowest BCUT2D eigenvalue weighted by atomic mass is 9.72. The number of halogens is 2. The van der Waals surface area contributed by atoms with Gasteiger partial charge in [-0.05, 0) is 43.8 Å². The van der Waals surface area contributed by atoms with Crippen LogP contribution in [0.1, 0.15) is 38.2 Å². The average Bonchev–Trinajstić information content (AvgIpc) is 3.32. The summed E-state index contributed by atoms with van der Waals surface area (Å²) < 4.78 is 33.0. The Morgan fingerprint density at radius 1 is 1.24 bits per heavy atom. The first kappa shape index (κ1) is 24.9. The SMILES string of the molecule is CCCC1(C2(c3ccc(F)cc3)OCCO2)CC(Oc2cccc(Cl)c2)CCN1C(=O)CNC. The summed E-state index contributed by atoms with van der Waals surface area (Å²) in [6.45, 7) is 3.54. The molecule has 0 aromatic heterocycles. The quantitative estimate of drug-likeness (QED) is 0.590. The van der Waals surface area contributed by atoms with Crippen molar-refractivity contribution < 1.29 is 23.4 Å². The van der Waals surface area contributed by atoms with Crippen molar-refractivity contribution in [1.29, 1.82) is 0 Å². The maximum Gasteiger partial charge on any atom is 0.237 e. The van der Waals surface area contributed by atoms with Gasteiger partial charge in [-0.2, -0.15) is 0 Å². The summed E-state index contributed by atoms with van der Waals surface area (Å²) in [4.78, 5) is 15.3. The standard InChI is InChI=1S/C26H32ClFN2O4/c1-3-12-25(26(32-14-15-33-26)19-7-9-21(28)10-8-19)17-23(11-13-30(25)24(31)18-29-2)34-22-6-4-5-20(27)16-22/h4-10,16,23,29H,3,11-15,17-18H2,1-2H3. The minimum Gasteiger partial charge on any atom is -0.490 e. The molecule has 6 nitrogen and oxygen atoms in total. The summed E-state index contributed by atoms with van der Waals surface area (Å²) in [6.07, 6.45) is 2.40. The van der Waals surface area contributed by atoms with Gasteiger partial charge in [-0.15, -0.1) is 0 Å². The largest absolute Gasteiger partial charge is 0.490 e. The Hall–Kier alpha value is -2.19. The Kier molecular flexibility index (Phi) is 7.77. The lowest BCUT2D eigenvalue weighted by Gasteiger charge is -2.56. The van der Waals surface area contributed by atoms with E-state index in [1.54, 1.807) is 31.3 Å². The molecule has 0 saturated carbocycles. The molecule has 2 aromatic carbocycles. The molecule has 34 heavy (non-hydrogen) atoms. The maximum absolute atomic E-state index is 13.8. The fourth-order valence-corrected chi connectivity index (χ4v) is 5.61. The number of rotatable bonds is 8. The second kappa shape index (κ2) is 10.6. The third-order valence-corrected chi connectivity index (χ3v) is 6.91. The minimum atomic E-state index is -1.23. The van der Waals surface area contributed by atoms with Gasteiger partial charge in [0.25, 0.3) is 0 Å². The van der Waals surface area contributed by atoms with Crippen LogP contribution in [-0.2, 0) is 20.1 Å². The number of carbonyl (C=O) groups is 1. The molecule has 0 radical (unpaired) electrons. The molecule has 2 unspecified atom stereocenters. The van der Waals surface area contributed by atoms with Crippen molar-refractivity contribution in [3.05, 3.63) is 64.9 Å². The Morgan fingerprint density at radius 2 is 1.97 bits per heavy atom. The molecule has 184 valence electrons. The molecule has 1 N–H and O–H groups in total. The summed E-state index contributed by atoms with van der Waals surface area (Å²) in [5.74, 6) is -0.911. The lowest BCUT2D eigenvalue weighted by molar-refractivity contribution is -0.268. The number of nitrogens with one attached hydrogen (secondary N) is 1. The number of amides is 1. The first-order valence-electron chi connectivity index (χ1n) is 11.9. The molecule has 2 heterocycles. The van der Waals surface area contributed by atoms with E-state index >= 15 is 0 Å². The van der Waals surface area contributed by atoms with E-state index in [4.69, 9.17) is 25.8 Å². The molecule has 2 aliphatic heterocycles. The number of ether oxygens (including phenoxy) is 3. The topological polar surface area (TPSA) is 60.0 Å². The highest BCUT2D eigenvalue weighted by Crippen LogP contribution is 2.52. The predicted octanol–water partition coefficient (Wildman–Crippen LogP) is 4.51. The first-order chi connectivity index (χ1) is 16.4. The van der Waals surface area contributed by atoms with Crippen molar-refractivity contribution in [3.63, 3.8) is 0 Å². The summed E-state index contributed by atoms with van der Waals surface area (Å²) in [7, 11) is 1.76. The van der Waals surface area contributed by atoms with Gasteiger partial charge in [0.05, 0.1) is 19.8 Å². The second-order valence-electron chi connectivity index (χ2n) is 8.87. The Balaban J connectivity index is 1.79. The fourth-order valence-electron chi connectivity index (χ4n) is 5.43. The van der Waals surface area contributed by atoms with E-state index < -0.39 is 11.3 Å². The van der Waals surface area contributed by atoms with Crippen LogP contribution in [0.25, 0.3) is 0 Å². The molecule has 0 bridgehead atoms. The zero-order chi connectivity index (χ0) is 24.2. The number of benzene rings is 2. The van der Waals surface area contributed by atoms with E-state index in [0.29, 0.717) is 55.4 Å². The van der Waals surface area contributed by atoms with Crippen molar-refractivity contribution in [2.24, 2.45) is 0 Å². The number of piperidine rings is 1. The van der Waals surface area contributed by atoms with Crippen LogP contribution < -0.4 is 10.1 Å². The van der Waals surface area contributed by atoms with Gasteiger partial charge in [-0.3, -0.25) is 4.79 Å². The molecule has 1 amide bonds. The molecule has 2 atom stereocenters. The zero-order valence-corrected chi connectivity index (χ0v) is 20.4.